The molecule has 0 amide bonds. The number of ether oxygens (including phenoxy) is 1. The molecule has 1 atom stereocenters. The Morgan fingerprint density at radius 3 is 2.73 bits per heavy atom. The lowest BCUT2D eigenvalue weighted by molar-refractivity contribution is 0.0370. The molecule has 132 valence electrons. The third-order valence-corrected chi connectivity index (χ3v) is 3.81. The smallest absolute Gasteiger partial charge is 0.339 e. The maximum atomic E-state index is 13.7. The number of nitrogens with one attached hydrogen (secondary N) is 1. The summed E-state index contributed by atoms with van der Waals surface area (Å²) in [6.07, 6.45) is 0.724. The molecule has 0 fully saturated rings. The Kier molecular flexibility index (Phi) is 5.43. The summed E-state index contributed by atoms with van der Waals surface area (Å²) in [5.41, 5.74) is 1.19. The number of anilines is 1. The van der Waals surface area contributed by atoms with Crippen LogP contribution in [0.1, 0.15) is 27.7 Å². The van der Waals surface area contributed by atoms with Crippen LogP contribution in [0.25, 0.3) is 0 Å². The largest absolute Gasteiger partial charge is 0.447 e. The first-order valence-corrected chi connectivity index (χ1v) is 8.17. The predicted octanol–water partition coefficient (Wildman–Crippen LogP) is 4.26. The molecule has 0 aliphatic carbocycles. The molecule has 0 saturated carbocycles. The Hall–Kier alpha value is -2.99. The van der Waals surface area contributed by atoms with Gasteiger partial charge in [0, 0.05) is 18.8 Å². The van der Waals surface area contributed by atoms with Gasteiger partial charge in [0.25, 0.3) is 0 Å². The Morgan fingerprint density at radius 1 is 1.19 bits per heavy atom. The number of hydrogen-bond acceptors (Lipinski definition) is 5. The van der Waals surface area contributed by atoms with Crippen molar-refractivity contribution in [3.8, 4) is 0 Å². The SMILES string of the molecule is CNc1cc(C(=O)OC(c2cccc(F)c2)c2ccccn2)cc(Cl)n1. The fourth-order valence-electron chi connectivity index (χ4n) is 2.42. The topological polar surface area (TPSA) is 64.1 Å². The first-order valence-electron chi connectivity index (χ1n) is 7.79. The second-order valence-electron chi connectivity index (χ2n) is 5.41. The number of benzene rings is 1. The van der Waals surface area contributed by atoms with E-state index in [0.717, 1.165) is 0 Å². The molecule has 1 N–H and O–H groups in total. The summed E-state index contributed by atoms with van der Waals surface area (Å²) < 4.78 is 19.3. The van der Waals surface area contributed by atoms with Crippen LogP contribution >= 0.6 is 11.6 Å². The van der Waals surface area contributed by atoms with Crippen LogP contribution in [0.15, 0.2) is 60.8 Å². The van der Waals surface area contributed by atoms with Gasteiger partial charge in [0.2, 0.25) is 0 Å². The first kappa shape index (κ1) is 17.8. The molecule has 0 spiro atoms. The van der Waals surface area contributed by atoms with Crippen LogP contribution in [0, 0.1) is 5.82 Å². The molecule has 0 saturated heterocycles. The molecule has 1 unspecified atom stereocenters. The molecule has 5 nitrogen and oxygen atoms in total. The van der Waals surface area contributed by atoms with E-state index in [2.05, 4.69) is 15.3 Å². The van der Waals surface area contributed by atoms with Gasteiger partial charge in [-0.05, 0) is 36.4 Å². The number of carbonyl (C=O) groups is 1. The van der Waals surface area contributed by atoms with Crippen LogP contribution in [0.5, 0.6) is 0 Å². The number of nitrogens with zero attached hydrogens (tertiary/aromatic N) is 2. The molecule has 1 aromatic carbocycles. The van der Waals surface area contributed by atoms with Crippen molar-refractivity contribution in [2.45, 2.75) is 6.10 Å². The van der Waals surface area contributed by atoms with E-state index in [-0.39, 0.29) is 10.7 Å². The third-order valence-electron chi connectivity index (χ3n) is 3.62. The van der Waals surface area contributed by atoms with Crippen molar-refractivity contribution in [1.82, 2.24) is 9.97 Å². The zero-order valence-corrected chi connectivity index (χ0v) is 14.6. The molecule has 0 aliphatic rings. The van der Waals surface area contributed by atoms with E-state index < -0.39 is 17.9 Å². The lowest BCUT2D eigenvalue weighted by atomic mass is 10.1. The van der Waals surface area contributed by atoms with Gasteiger partial charge in [0.15, 0.2) is 6.10 Å². The van der Waals surface area contributed by atoms with Crippen molar-refractivity contribution < 1.29 is 13.9 Å². The van der Waals surface area contributed by atoms with Gasteiger partial charge in [0.1, 0.15) is 16.8 Å². The zero-order valence-electron chi connectivity index (χ0n) is 13.8. The van der Waals surface area contributed by atoms with Crippen LogP contribution in [0.3, 0.4) is 0 Å². The van der Waals surface area contributed by atoms with E-state index in [1.807, 2.05) is 0 Å². The van der Waals surface area contributed by atoms with Crippen molar-refractivity contribution >= 4 is 23.4 Å². The molecule has 2 aromatic heterocycles. The van der Waals surface area contributed by atoms with E-state index in [0.29, 0.717) is 17.1 Å². The lowest BCUT2D eigenvalue weighted by Gasteiger charge is -2.18. The standard InChI is InChI=1S/C19H15ClFN3O2/c1-22-17-11-13(10-16(20)24-17)19(25)26-18(15-7-2-3-8-23-15)12-5-4-6-14(21)9-12/h2-11,18H,1H3,(H,22,24). The maximum absolute atomic E-state index is 13.7. The molecule has 2 heterocycles. The van der Waals surface area contributed by atoms with Crippen LogP contribution < -0.4 is 5.32 Å². The highest BCUT2D eigenvalue weighted by Crippen LogP contribution is 2.27. The van der Waals surface area contributed by atoms with Gasteiger partial charge >= 0.3 is 5.97 Å². The highest BCUT2D eigenvalue weighted by molar-refractivity contribution is 6.29. The number of carbonyl (C=O) groups excluding carboxylic acids is 1. The van der Waals surface area contributed by atoms with Crippen LogP contribution in [-0.4, -0.2) is 23.0 Å². The van der Waals surface area contributed by atoms with Gasteiger partial charge in [-0.2, -0.15) is 0 Å². The molecule has 0 bridgehead atoms. The molecule has 0 aliphatic heterocycles. The second-order valence-corrected chi connectivity index (χ2v) is 5.80. The summed E-state index contributed by atoms with van der Waals surface area (Å²) in [7, 11) is 1.66. The average Bonchev–Trinajstić information content (AvgIpc) is 2.66. The summed E-state index contributed by atoms with van der Waals surface area (Å²) in [6.45, 7) is 0. The minimum Gasteiger partial charge on any atom is -0.447 e. The Bertz CT molecular complexity index is 922. The average molecular weight is 372 g/mol. The normalized spacial score (nSPS) is 11.7. The third kappa shape index (κ3) is 4.15. The Morgan fingerprint density at radius 2 is 2.04 bits per heavy atom. The molecular weight excluding hydrogens is 357 g/mol. The highest BCUT2D eigenvalue weighted by Gasteiger charge is 2.22. The summed E-state index contributed by atoms with van der Waals surface area (Å²) in [5.74, 6) is -0.612. The van der Waals surface area contributed by atoms with E-state index in [1.54, 1.807) is 43.6 Å². The number of hydrogen-bond donors (Lipinski definition) is 1. The van der Waals surface area contributed by atoms with Crippen molar-refractivity contribution in [3.05, 3.63) is 88.6 Å². The highest BCUT2D eigenvalue weighted by atomic mass is 35.5. The summed E-state index contributed by atoms with van der Waals surface area (Å²) in [6, 6.07) is 14.0. The number of halogens is 2. The number of esters is 1. The van der Waals surface area contributed by atoms with Crippen molar-refractivity contribution in [2.75, 3.05) is 12.4 Å². The van der Waals surface area contributed by atoms with Crippen LogP contribution in [0.4, 0.5) is 10.2 Å². The van der Waals surface area contributed by atoms with Crippen molar-refractivity contribution in [1.29, 1.82) is 0 Å². The summed E-state index contributed by atoms with van der Waals surface area (Å²) in [5, 5.41) is 2.98. The quantitative estimate of drug-likeness (QED) is 0.536. The van der Waals surface area contributed by atoms with Gasteiger partial charge in [-0.3, -0.25) is 4.98 Å². The van der Waals surface area contributed by atoms with Gasteiger partial charge < -0.3 is 10.1 Å². The zero-order chi connectivity index (χ0) is 18.5. The number of aromatic nitrogens is 2. The van der Waals surface area contributed by atoms with E-state index in [1.165, 1.54) is 24.3 Å². The minimum absolute atomic E-state index is 0.156. The Labute approximate surface area is 154 Å². The monoisotopic (exact) mass is 371 g/mol. The van der Waals surface area contributed by atoms with E-state index >= 15 is 0 Å². The van der Waals surface area contributed by atoms with Crippen molar-refractivity contribution in [2.24, 2.45) is 0 Å². The predicted molar refractivity (Wildman–Crippen MR) is 96.7 cm³/mol. The summed E-state index contributed by atoms with van der Waals surface area (Å²) in [4.78, 5) is 20.9. The van der Waals surface area contributed by atoms with Gasteiger partial charge in [0.05, 0.1) is 11.3 Å². The molecule has 3 rings (SSSR count). The summed E-state index contributed by atoms with van der Waals surface area (Å²) >= 11 is 5.94. The molecule has 7 heteroatoms. The number of pyridine rings is 2. The second kappa shape index (κ2) is 7.93. The van der Waals surface area contributed by atoms with E-state index in [9.17, 15) is 9.18 Å². The van der Waals surface area contributed by atoms with Gasteiger partial charge in [-0.25, -0.2) is 14.2 Å². The Balaban J connectivity index is 1.96. The van der Waals surface area contributed by atoms with E-state index in [4.69, 9.17) is 16.3 Å². The fraction of sp³-hybridized carbons (Fsp3) is 0.105. The van der Waals surface area contributed by atoms with Gasteiger partial charge in [-0.15, -0.1) is 0 Å². The van der Waals surface area contributed by atoms with Crippen LogP contribution in [0.2, 0.25) is 5.15 Å². The molecule has 3 aromatic rings. The fourth-order valence-corrected chi connectivity index (χ4v) is 2.63. The van der Waals surface area contributed by atoms with Crippen LogP contribution in [-0.2, 0) is 4.74 Å². The number of rotatable bonds is 5. The maximum Gasteiger partial charge on any atom is 0.339 e. The van der Waals surface area contributed by atoms with Gasteiger partial charge in [-0.1, -0.05) is 29.8 Å². The molecule has 0 radical (unpaired) electrons. The lowest BCUT2D eigenvalue weighted by Crippen LogP contribution is -2.15. The first-order chi connectivity index (χ1) is 12.6. The van der Waals surface area contributed by atoms with Crippen molar-refractivity contribution in [3.63, 3.8) is 0 Å². The minimum atomic E-state index is -0.857. The molecular formula is C19H15ClFN3O2. The molecule has 26 heavy (non-hydrogen) atoms.